The summed E-state index contributed by atoms with van der Waals surface area (Å²) < 4.78 is 20.5. The van der Waals surface area contributed by atoms with Crippen molar-refractivity contribution >= 4 is 5.91 Å². The summed E-state index contributed by atoms with van der Waals surface area (Å²) in [5, 5.41) is 2.88. The Morgan fingerprint density at radius 2 is 1.86 bits per heavy atom. The van der Waals surface area contributed by atoms with Gasteiger partial charge in [-0.3, -0.25) is 9.69 Å². The van der Waals surface area contributed by atoms with Crippen LogP contribution in [0.1, 0.15) is 17.0 Å². The van der Waals surface area contributed by atoms with Gasteiger partial charge < -0.3 is 15.0 Å². The minimum atomic E-state index is -0.394. The number of hydrogen-bond acceptors (Lipinski definition) is 6. The molecule has 2 aromatic carbocycles. The highest BCUT2D eigenvalue weighted by Gasteiger charge is 2.14. The van der Waals surface area contributed by atoms with Gasteiger partial charge in [0.2, 0.25) is 5.91 Å². The van der Waals surface area contributed by atoms with E-state index in [0.717, 1.165) is 43.9 Å². The maximum absolute atomic E-state index is 14.7. The van der Waals surface area contributed by atoms with Crippen LogP contribution in [0.15, 0.2) is 54.9 Å². The van der Waals surface area contributed by atoms with Crippen molar-refractivity contribution in [2.75, 3.05) is 46.4 Å². The molecule has 1 amide bonds. The SMILES string of the molecule is Cc1cccc(CNC(=O)Cc2ncc(-c3ccc(OCCN4CCN(C)CC4)cc3F)cn2)c1. The Morgan fingerprint density at radius 3 is 2.57 bits per heavy atom. The molecule has 4 rings (SSSR count). The molecule has 2 heterocycles. The molecule has 8 heteroatoms. The molecular formula is C27H32FN5O2. The van der Waals surface area contributed by atoms with Gasteiger partial charge in [0.1, 0.15) is 24.0 Å². The number of benzene rings is 2. The van der Waals surface area contributed by atoms with Gasteiger partial charge in [-0.15, -0.1) is 0 Å². The van der Waals surface area contributed by atoms with Crippen LogP contribution in [0.25, 0.3) is 11.1 Å². The molecule has 1 aliphatic rings. The fourth-order valence-electron chi connectivity index (χ4n) is 4.00. The number of amides is 1. The van der Waals surface area contributed by atoms with Gasteiger partial charge in [0.05, 0.1) is 6.42 Å². The molecule has 35 heavy (non-hydrogen) atoms. The number of aryl methyl sites for hydroxylation is 1. The molecule has 3 aromatic rings. The van der Waals surface area contributed by atoms with Crippen LogP contribution < -0.4 is 10.1 Å². The van der Waals surface area contributed by atoms with Crippen molar-refractivity contribution in [2.24, 2.45) is 0 Å². The summed E-state index contributed by atoms with van der Waals surface area (Å²) in [7, 11) is 2.13. The van der Waals surface area contributed by atoms with Crippen molar-refractivity contribution in [2.45, 2.75) is 19.9 Å². The van der Waals surface area contributed by atoms with Gasteiger partial charge in [0, 0.05) is 68.9 Å². The average molecular weight is 478 g/mol. The highest BCUT2D eigenvalue weighted by molar-refractivity contribution is 5.77. The maximum Gasteiger partial charge on any atom is 0.227 e. The largest absolute Gasteiger partial charge is 0.492 e. The Hall–Kier alpha value is -3.36. The fraction of sp³-hybridized carbons (Fsp3) is 0.370. The highest BCUT2D eigenvalue weighted by atomic mass is 19.1. The number of carbonyl (C=O) groups is 1. The Balaban J connectivity index is 1.26. The fourth-order valence-corrected chi connectivity index (χ4v) is 4.00. The molecule has 184 valence electrons. The Kier molecular flexibility index (Phi) is 8.39. The average Bonchev–Trinajstić information content (AvgIpc) is 2.85. The van der Waals surface area contributed by atoms with Gasteiger partial charge in [-0.1, -0.05) is 29.8 Å². The molecule has 0 radical (unpaired) electrons. The number of hydrogen-bond donors (Lipinski definition) is 1. The smallest absolute Gasteiger partial charge is 0.227 e. The lowest BCUT2D eigenvalue weighted by Gasteiger charge is -2.32. The lowest BCUT2D eigenvalue weighted by atomic mass is 10.1. The van der Waals surface area contributed by atoms with Crippen molar-refractivity contribution in [3.8, 4) is 16.9 Å². The summed E-state index contributed by atoms with van der Waals surface area (Å²) in [6, 6.07) is 12.8. The van der Waals surface area contributed by atoms with Crippen LogP contribution in [0.3, 0.4) is 0 Å². The van der Waals surface area contributed by atoms with Gasteiger partial charge in [0.15, 0.2) is 0 Å². The zero-order valence-electron chi connectivity index (χ0n) is 20.3. The van der Waals surface area contributed by atoms with Crippen molar-refractivity contribution in [1.29, 1.82) is 0 Å². The van der Waals surface area contributed by atoms with E-state index >= 15 is 0 Å². The first-order valence-corrected chi connectivity index (χ1v) is 11.9. The summed E-state index contributed by atoms with van der Waals surface area (Å²) in [6.07, 6.45) is 3.15. The van der Waals surface area contributed by atoms with E-state index in [2.05, 4.69) is 32.1 Å². The van der Waals surface area contributed by atoms with Crippen molar-refractivity contribution < 1.29 is 13.9 Å². The number of carbonyl (C=O) groups excluding carboxylic acids is 1. The van der Waals surface area contributed by atoms with Gasteiger partial charge in [0.25, 0.3) is 0 Å². The monoisotopic (exact) mass is 477 g/mol. The Labute approximate surface area is 206 Å². The molecule has 7 nitrogen and oxygen atoms in total. The highest BCUT2D eigenvalue weighted by Crippen LogP contribution is 2.25. The third-order valence-corrected chi connectivity index (χ3v) is 6.12. The van der Waals surface area contributed by atoms with E-state index < -0.39 is 5.82 Å². The molecule has 1 aromatic heterocycles. The molecule has 0 atom stereocenters. The molecule has 1 N–H and O–H groups in total. The zero-order chi connectivity index (χ0) is 24.6. The number of piperazine rings is 1. The maximum atomic E-state index is 14.7. The van der Waals surface area contributed by atoms with Crippen LogP contribution in [0.5, 0.6) is 5.75 Å². The molecule has 1 fully saturated rings. The molecule has 0 aliphatic carbocycles. The number of likely N-dealkylation sites (N-methyl/N-ethyl adjacent to an activating group) is 1. The molecule has 0 spiro atoms. The molecule has 1 aliphatic heterocycles. The molecule has 0 saturated carbocycles. The number of aromatic nitrogens is 2. The van der Waals surface area contributed by atoms with E-state index in [9.17, 15) is 9.18 Å². The van der Waals surface area contributed by atoms with Crippen molar-refractivity contribution in [1.82, 2.24) is 25.1 Å². The summed E-state index contributed by atoms with van der Waals surface area (Å²) in [4.78, 5) is 25.4. The van der Waals surface area contributed by atoms with Crippen LogP contribution in [0.2, 0.25) is 0 Å². The third kappa shape index (κ3) is 7.31. The standard InChI is InChI=1S/C27H32FN5O2/c1-20-4-3-5-21(14-20)17-31-27(34)16-26-29-18-22(19-30-26)24-7-6-23(15-25(24)28)35-13-12-33-10-8-32(2)9-11-33/h3-7,14-15,18-19H,8-13,16-17H2,1-2H3,(H,31,34). The molecule has 0 unspecified atom stereocenters. The normalized spacial score (nSPS) is 14.6. The second-order valence-electron chi connectivity index (χ2n) is 8.97. The van der Waals surface area contributed by atoms with E-state index in [1.165, 1.54) is 6.07 Å². The van der Waals surface area contributed by atoms with Crippen LogP contribution in [0, 0.1) is 12.7 Å². The second-order valence-corrected chi connectivity index (χ2v) is 8.97. The topological polar surface area (TPSA) is 70.6 Å². The minimum absolute atomic E-state index is 0.0641. The Bertz CT molecular complexity index is 1130. The van der Waals surface area contributed by atoms with Gasteiger partial charge >= 0.3 is 0 Å². The van der Waals surface area contributed by atoms with Crippen LogP contribution in [-0.2, 0) is 17.8 Å². The van der Waals surface area contributed by atoms with Crippen LogP contribution >= 0.6 is 0 Å². The predicted molar refractivity (Wildman–Crippen MR) is 134 cm³/mol. The van der Waals surface area contributed by atoms with Crippen molar-refractivity contribution in [3.63, 3.8) is 0 Å². The molecule has 1 saturated heterocycles. The second kappa shape index (κ2) is 11.9. The van der Waals surface area contributed by atoms with E-state index in [-0.39, 0.29) is 12.3 Å². The van der Waals surface area contributed by atoms with Gasteiger partial charge in [-0.05, 0) is 31.7 Å². The third-order valence-electron chi connectivity index (χ3n) is 6.12. The van der Waals surface area contributed by atoms with Gasteiger partial charge in [-0.25, -0.2) is 14.4 Å². The first-order valence-electron chi connectivity index (χ1n) is 11.9. The number of rotatable bonds is 9. The van der Waals surface area contributed by atoms with E-state index in [4.69, 9.17) is 4.74 Å². The Morgan fingerprint density at radius 1 is 1.09 bits per heavy atom. The first kappa shape index (κ1) is 24.8. The number of nitrogens with zero attached hydrogens (tertiary/aromatic N) is 4. The van der Waals surface area contributed by atoms with Crippen LogP contribution in [-0.4, -0.2) is 72.1 Å². The summed E-state index contributed by atoms with van der Waals surface area (Å²) in [6.45, 7) is 7.98. The molecular weight excluding hydrogens is 445 g/mol. The predicted octanol–water partition coefficient (Wildman–Crippen LogP) is 3.08. The molecule has 0 bridgehead atoms. The first-order chi connectivity index (χ1) is 17.0. The van der Waals surface area contributed by atoms with Crippen LogP contribution in [0.4, 0.5) is 4.39 Å². The van der Waals surface area contributed by atoms with E-state index in [1.54, 1.807) is 24.5 Å². The quantitative estimate of drug-likeness (QED) is 0.511. The number of ether oxygens (including phenoxy) is 1. The van der Waals surface area contributed by atoms with E-state index in [1.807, 2.05) is 31.2 Å². The number of halogens is 1. The number of nitrogens with one attached hydrogen (secondary N) is 1. The summed E-state index contributed by atoms with van der Waals surface area (Å²) in [5.41, 5.74) is 3.13. The van der Waals surface area contributed by atoms with Gasteiger partial charge in [-0.2, -0.15) is 0 Å². The van der Waals surface area contributed by atoms with Crippen molar-refractivity contribution in [3.05, 3.63) is 77.6 Å². The summed E-state index contributed by atoms with van der Waals surface area (Å²) >= 11 is 0. The lowest BCUT2D eigenvalue weighted by Crippen LogP contribution is -2.45. The lowest BCUT2D eigenvalue weighted by molar-refractivity contribution is -0.120. The minimum Gasteiger partial charge on any atom is -0.492 e. The summed E-state index contributed by atoms with van der Waals surface area (Å²) in [5.74, 6) is 0.334. The zero-order valence-corrected chi connectivity index (χ0v) is 20.3. The van der Waals surface area contributed by atoms with E-state index in [0.29, 0.717) is 35.9 Å².